The number of hydrogen-bond acceptors (Lipinski definition) is 10. The quantitative estimate of drug-likeness (QED) is 0.0196. The monoisotopic (exact) mass is 1000 g/mol. The number of aliphatic hydroxyl groups is 5. The van der Waals surface area contributed by atoms with Crippen molar-refractivity contribution in [1.29, 1.82) is 0 Å². The normalized spacial score (nSPS) is 20.0. The van der Waals surface area contributed by atoms with Gasteiger partial charge in [0, 0.05) is 6.42 Å². The Balaban J connectivity index is 2.75. The number of unbranched alkanes of at least 4 members (excludes halogenated alkanes) is 26. The van der Waals surface area contributed by atoms with E-state index in [4.69, 9.17) is 14.2 Å². The first-order valence-corrected chi connectivity index (χ1v) is 29.1. The Morgan fingerprint density at radius 2 is 0.972 bits per heavy atom. The zero-order valence-electron chi connectivity index (χ0n) is 45.3. The summed E-state index contributed by atoms with van der Waals surface area (Å²) in [6.07, 6.45) is 48.4. The lowest BCUT2D eigenvalue weighted by molar-refractivity contribution is -0.305. The molecule has 412 valence electrons. The molecule has 1 heterocycles. The van der Waals surface area contributed by atoms with Crippen LogP contribution >= 0.6 is 0 Å². The lowest BCUT2D eigenvalue weighted by Gasteiger charge is -2.41. The Morgan fingerprint density at radius 1 is 0.549 bits per heavy atom. The molecule has 11 heteroatoms. The highest BCUT2D eigenvalue weighted by Crippen LogP contribution is 2.26. The van der Waals surface area contributed by atoms with Crippen molar-refractivity contribution in [3.05, 3.63) is 60.8 Å². The predicted octanol–water partition coefficient (Wildman–Crippen LogP) is 13.1. The minimum atomic E-state index is -1.63. The Morgan fingerprint density at radius 3 is 1.48 bits per heavy atom. The van der Waals surface area contributed by atoms with Gasteiger partial charge in [-0.2, -0.15) is 0 Å². The maximum atomic E-state index is 13.4. The van der Waals surface area contributed by atoms with Crippen molar-refractivity contribution in [1.82, 2.24) is 5.32 Å². The van der Waals surface area contributed by atoms with Gasteiger partial charge in [-0.05, 0) is 64.2 Å². The number of amides is 1. The Labute approximate surface area is 433 Å². The first-order chi connectivity index (χ1) is 34.7. The van der Waals surface area contributed by atoms with Gasteiger partial charge < -0.3 is 45.1 Å². The van der Waals surface area contributed by atoms with Gasteiger partial charge in [-0.1, -0.05) is 236 Å². The molecule has 0 saturated carbocycles. The van der Waals surface area contributed by atoms with Crippen molar-refractivity contribution >= 4 is 11.9 Å². The summed E-state index contributed by atoms with van der Waals surface area (Å²) in [5.41, 5.74) is 0. The van der Waals surface area contributed by atoms with Gasteiger partial charge in [0.15, 0.2) is 12.4 Å². The van der Waals surface area contributed by atoms with Crippen LogP contribution in [0.2, 0.25) is 0 Å². The molecular formula is C60H107NO10. The third-order valence-electron chi connectivity index (χ3n) is 13.4. The summed E-state index contributed by atoms with van der Waals surface area (Å²) in [7, 11) is 0. The zero-order valence-corrected chi connectivity index (χ0v) is 45.3. The molecule has 1 rings (SSSR count). The molecule has 0 aromatic carbocycles. The van der Waals surface area contributed by atoms with Crippen molar-refractivity contribution in [3.63, 3.8) is 0 Å². The summed E-state index contributed by atoms with van der Waals surface area (Å²) < 4.78 is 17.5. The van der Waals surface area contributed by atoms with Gasteiger partial charge in [0.2, 0.25) is 5.91 Å². The summed E-state index contributed by atoms with van der Waals surface area (Å²) in [6, 6.07) is -1.03. The van der Waals surface area contributed by atoms with E-state index in [1.165, 1.54) is 128 Å². The molecule has 1 fully saturated rings. The average Bonchev–Trinajstić information content (AvgIpc) is 3.37. The number of hydrogen-bond donors (Lipinski definition) is 6. The maximum Gasteiger partial charge on any atom is 0.306 e. The first-order valence-electron chi connectivity index (χ1n) is 29.1. The molecule has 8 atom stereocenters. The lowest BCUT2D eigenvalue weighted by Crippen LogP contribution is -2.61. The zero-order chi connectivity index (χ0) is 51.8. The summed E-state index contributed by atoms with van der Waals surface area (Å²) in [6.45, 7) is 5.72. The fourth-order valence-corrected chi connectivity index (χ4v) is 8.76. The highest BCUT2D eigenvalue weighted by atomic mass is 16.7. The topological polar surface area (TPSA) is 175 Å². The smallest absolute Gasteiger partial charge is 0.306 e. The number of rotatable bonds is 48. The largest absolute Gasteiger partial charge is 0.454 e. The van der Waals surface area contributed by atoms with Gasteiger partial charge in [0.25, 0.3) is 0 Å². The minimum absolute atomic E-state index is 0.0475. The second-order valence-corrected chi connectivity index (χ2v) is 20.0. The van der Waals surface area contributed by atoms with Crippen LogP contribution in [-0.2, 0) is 23.8 Å². The van der Waals surface area contributed by atoms with Crippen LogP contribution < -0.4 is 5.32 Å². The third kappa shape index (κ3) is 36.9. The van der Waals surface area contributed by atoms with Crippen LogP contribution in [0.1, 0.15) is 245 Å². The third-order valence-corrected chi connectivity index (χ3v) is 13.4. The summed E-state index contributed by atoms with van der Waals surface area (Å²) in [5.74, 6) is -1.25. The number of allylic oxidation sites excluding steroid dienone is 9. The van der Waals surface area contributed by atoms with Gasteiger partial charge >= 0.3 is 5.97 Å². The van der Waals surface area contributed by atoms with Gasteiger partial charge in [-0.25, -0.2) is 0 Å². The highest BCUT2D eigenvalue weighted by molar-refractivity contribution is 5.80. The van der Waals surface area contributed by atoms with E-state index in [2.05, 4.69) is 62.5 Å². The number of esters is 1. The van der Waals surface area contributed by atoms with E-state index >= 15 is 0 Å². The Hall–Kier alpha value is -2.64. The number of aliphatic hydroxyl groups excluding tert-OH is 5. The number of carbonyl (C=O) groups excluding carboxylic acids is 2. The number of ether oxygens (including phenoxy) is 3. The average molecular weight is 1000 g/mol. The van der Waals surface area contributed by atoms with E-state index in [9.17, 15) is 35.1 Å². The standard InChI is InChI=1S/C60H107NO10/c1-4-7-10-13-16-19-22-24-26-27-28-30-33-36-39-42-45-48-55(65)71-58-57(67)56(66)54(49-62)70-60(58)69-50-51(52(63)46-43-40-37-34-31-21-18-15-12-9-6-3)61-59(68)53(64)47-44-41-38-35-32-29-25-23-20-17-14-11-8-5-2/h16,19,24,26,28,30,36,39,43,46,51-54,56-58,60,62-64,66-67H,4-15,17-18,20-23,25,27,29,31-35,37-38,40-42,44-45,47-50H2,1-3H3,(H,61,68)/b19-16-,26-24-,30-28-,39-36-,46-43+. The van der Waals surface area contributed by atoms with E-state index in [1.807, 2.05) is 18.2 Å². The second kappa shape index (κ2) is 48.3. The van der Waals surface area contributed by atoms with Crippen molar-refractivity contribution in [2.75, 3.05) is 13.2 Å². The van der Waals surface area contributed by atoms with Gasteiger partial charge in [0.05, 0.1) is 25.4 Å². The SMILES string of the molecule is CCCCC/C=C\C/C=C\C/C=C\C/C=C\CCCC(=O)OC1C(OCC(NC(=O)C(O)CCCCCCCCCCCCCCCC)C(O)/C=C/CCCCCCCCCCC)OC(CO)C(O)C1O. The fraction of sp³-hybridized carbons (Fsp3) is 0.800. The Kier molecular flexibility index (Phi) is 45.2. The van der Waals surface area contributed by atoms with E-state index in [1.54, 1.807) is 6.08 Å². The lowest BCUT2D eigenvalue weighted by atomic mass is 9.99. The van der Waals surface area contributed by atoms with E-state index < -0.39 is 67.4 Å². The summed E-state index contributed by atoms with van der Waals surface area (Å²) >= 11 is 0. The van der Waals surface area contributed by atoms with Crippen LogP contribution in [0.25, 0.3) is 0 Å². The van der Waals surface area contributed by atoms with Crippen LogP contribution in [0.3, 0.4) is 0 Å². The Bertz CT molecular complexity index is 1380. The van der Waals surface area contributed by atoms with Crippen molar-refractivity contribution in [2.24, 2.45) is 0 Å². The molecule has 0 aromatic heterocycles. The molecule has 1 aliphatic heterocycles. The molecule has 0 bridgehead atoms. The van der Waals surface area contributed by atoms with Crippen LogP contribution in [0.4, 0.5) is 0 Å². The van der Waals surface area contributed by atoms with Crippen LogP contribution in [0, 0.1) is 0 Å². The van der Waals surface area contributed by atoms with Crippen molar-refractivity contribution < 1.29 is 49.3 Å². The van der Waals surface area contributed by atoms with Crippen molar-refractivity contribution in [3.8, 4) is 0 Å². The molecule has 1 saturated heterocycles. The molecule has 0 spiro atoms. The molecule has 0 aromatic rings. The van der Waals surface area contributed by atoms with Crippen LogP contribution in [0.5, 0.6) is 0 Å². The maximum absolute atomic E-state index is 13.4. The van der Waals surface area contributed by atoms with E-state index in [0.29, 0.717) is 19.3 Å². The molecule has 6 N–H and O–H groups in total. The molecule has 0 aliphatic carbocycles. The highest BCUT2D eigenvalue weighted by Gasteiger charge is 2.47. The van der Waals surface area contributed by atoms with E-state index in [-0.39, 0.29) is 19.4 Å². The predicted molar refractivity (Wildman–Crippen MR) is 292 cm³/mol. The van der Waals surface area contributed by atoms with Crippen LogP contribution in [-0.4, -0.2) is 99.6 Å². The summed E-state index contributed by atoms with van der Waals surface area (Å²) in [5, 5.41) is 56.8. The molecule has 71 heavy (non-hydrogen) atoms. The minimum Gasteiger partial charge on any atom is -0.454 e. The van der Waals surface area contributed by atoms with Gasteiger partial charge in [0.1, 0.15) is 24.4 Å². The van der Waals surface area contributed by atoms with Crippen molar-refractivity contribution in [2.45, 2.75) is 294 Å². The molecular weight excluding hydrogens is 895 g/mol. The molecule has 1 aliphatic rings. The van der Waals surface area contributed by atoms with E-state index in [0.717, 1.165) is 64.2 Å². The molecule has 1 amide bonds. The first kappa shape index (κ1) is 66.4. The number of carbonyl (C=O) groups is 2. The fourth-order valence-electron chi connectivity index (χ4n) is 8.76. The van der Waals surface area contributed by atoms with Gasteiger partial charge in [-0.3, -0.25) is 9.59 Å². The second-order valence-electron chi connectivity index (χ2n) is 20.0. The van der Waals surface area contributed by atoms with Crippen LogP contribution in [0.15, 0.2) is 60.8 Å². The molecule has 8 unspecified atom stereocenters. The molecule has 0 radical (unpaired) electrons. The van der Waals surface area contributed by atoms with Gasteiger partial charge in [-0.15, -0.1) is 0 Å². The molecule has 11 nitrogen and oxygen atoms in total. The summed E-state index contributed by atoms with van der Waals surface area (Å²) in [4.78, 5) is 26.4. The number of nitrogens with one attached hydrogen (secondary N) is 1.